The molecule has 1 heterocycles. The van der Waals surface area contributed by atoms with Crippen LogP contribution < -0.4 is 15.4 Å². The predicted octanol–water partition coefficient (Wildman–Crippen LogP) is 3.62. The Kier molecular flexibility index (Phi) is 9.48. The van der Waals surface area contributed by atoms with Crippen molar-refractivity contribution in [2.24, 2.45) is 4.99 Å². The molecule has 0 amide bonds. The van der Waals surface area contributed by atoms with Crippen LogP contribution in [0, 0.1) is 0 Å². The number of rotatable bonds is 6. The number of halogens is 2. The van der Waals surface area contributed by atoms with Crippen LogP contribution in [0.5, 0.6) is 5.88 Å². The highest BCUT2D eigenvalue weighted by atomic mass is 127. The molecule has 130 valence electrons. The average molecular weight is 461 g/mol. The molecule has 24 heavy (non-hydrogen) atoms. The van der Waals surface area contributed by atoms with Crippen LogP contribution in [0.15, 0.2) is 47.6 Å². The highest BCUT2D eigenvalue weighted by molar-refractivity contribution is 14.0. The molecule has 0 aliphatic heterocycles. The number of ether oxygens (including phenoxy) is 1. The van der Waals surface area contributed by atoms with Gasteiger partial charge in [0.15, 0.2) is 5.96 Å². The van der Waals surface area contributed by atoms with Crippen molar-refractivity contribution in [1.29, 1.82) is 0 Å². The molecule has 0 aliphatic carbocycles. The number of hydrogen-bond acceptors (Lipinski definition) is 3. The second-order valence-electron chi connectivity index (χ2n) is 4.88. The molecule has 0 radical (unpaired) electrons. The first-order chi connectivity index (χ1) is 11.2. The van der Waals surface area contributed by atoms with E-state index in [-0.39, 0.29) is 24.0 Å². The molecule has 0 spiro atoms. The fourth-order valence-corrected chi connectivity index (χ4v) is 2.09. The van der Waals surface area contributed by atoms with E-state index >= 15 is 0 Å². The standard InChI is InChI=1S/C17H21ClN4O.HI/c1-3-19-17(21-11-13-4-6-15(18)7-5-13)22-12-14-8-9-20-16(10-14)23-2;/h4-10H,3,11-12H2,1-2H3,(H2,19,21,22);1H. The van der Waals surface area contributed by atoms with E-state index in [9.17, 15) is 0 Å². The zero-order valence-corrected chi connectivity index (χ0v) is 16.8. The number of nitrogens with one attached hydrogen (secondary N) is 2. The number of guanidine groups is 1. The third-order valence-corrected chi connectivity index (χ3v) is 3.40. The monoisotopic (exact) mass is 460 g/mol. The Morgan fingerprint density at radius 2 is 1.92 bits per heavy atom. The van der Waals surface area contributed by atoms with E-state index < -0.39 is 0 Å². The molecular formula is C17H22ClIN4O. The van der Waals surface area contributed by atoms with Crippen molar-refractivity contribution in [2.45, 2.75) is 20.0 Å². The van der Waals surface area contributed by atoms with Gasteiger partial charge in [0.25, 0.3) is 0 Å². The van der Waals surface area contributed by atoms with Crippen LogP contribution in [-0.4, -0.2) is 24.6 Å². The summed E-state index contributed by atoms with van der Waals surface area (Å²) in [5, 5.41) is 7.27. The van der Waals surface area contributed by atoms with Crippen LogP contribution in [0.4, 0.5) is 0 Å². The minimum atomic E-state index is 0. The molecule has 0 bridgehead atoms. The summed E-state index contributed by atoms with van der Waals surface area (Å²) >= 11 is 5.89. The largest absolute Gasteiger partial charge is 0.481 e. The normalized spacial score (nSPS) is 10.7. The molecule has 0 unspecified atom stereocenters. The summed E-state index contributed by atoms with van der Waals surface area (Å²) in [6.45, 7) is 4.07. The molecule has 0 saturated heterocycles. The number of benzene rings is 1. The van der Waals surface area contributed by atoms with Gasteiger partial charge in [0.05, 0.1) is 13.7 Å². The van der Waals surface area contributed by atoms with Gasteiger partial charge in [0, 0.05) is 30.4 Å². The van der Waals surface area contributed by atoms with Gasteiger partial charge < -0.3 is 15.4 Å². The van der Waals surface area contributed by atoms with Crippen LogP contribution in [0.2, 0.25) is 5.02 Å². The fraction of sp³-hybridized carbons (Fsp3) is 0.294. The Bertz CT molecular complexity index is 649. The van der Waals surface area contributed by atoms with Crippen LogP contribution in [0.3, 0.4) is 0 Å². The van der Waals surface area contributed by atoms with Gasteiger partial charge in [-0.2, -0.15) is 0 Å². The van der Waals surface area contributed by atoms with Crippen molar-refractivity contribution in [3.8, 4) is 5.88 Å². The SMILES string of the molecule is CCNC(=NCc1ccnc(OC)c1)NCc1ccc(Cl)cc1.I. The smallest absolute Gasteiger partial charge is 0.213 e. The second-order valence-corrected chi connectivity index (χ2v) is 5.32. The zero-order chi connectivity index (χ0) is 16.5. The molecule has 0 fully saturated rings. The molecule has 1 aromatic heterocycles. The van der Waals surface area contributed by atoms with Crippen molar-refractivity contribution < 1.29 is 4.74 Å². The molecule has 1 aromatic carbocycles. The van der Waals surface area contributed by atoms with Gasteiger partial charge in [-0.25, -0.2) is 9.98 Å². The second kappa shape index (κ2) is 11.1. The number of aliphatic imine (C=N–C) groups is 1. The first-order valence-electron chi connectivity index (χ1n) is 7.47. The molecule has 0 atom stereocenters. The highest BCUT2D eigenvalue weighted by Gasteiger charge is 2.00. The molecule has 7 heteroatoms. The summed E-state index contributed by atoms with van der Waals surface area (Å²) in [5.41, 5.74) is 2.19. The summed E-state index contributed by atoms with van der Waals surface area (Å²) in [4.78, 5) is 8.67. The first kappa shape index (κ1) is 20.5. The lowest BCUT2D eigenvalue weighted by Gasteiger charge is -2.11. The molecule has 2 N–H and O–H groups in total. The van der Waals surface area contributed by atoms with Crippen molar-refractivity contribution in [3.63, 3.8) is 0 Å². The van der Waals surface area contributed by atoms with E-state index in [1.54, 1.807) is 13.3 Å². The maximum atomic E-state index is 5.89. The number of aromatic nitrogens is 1. The summed E-state index contributed by atoms with van der Waals surface area (Å²) in [6.07, 6.45) is 1.72. The number of pyridine rings is 1. The lowest BCUT2D eigenvalue weighted by molar-refractivity contribution is 0.397. The maximum Gasteiger partial charge on any atom is 0.213 e. The van der Waals surface area contributed by atoms with Gasteiger partial charge in [0.2, 0.25) is 5.88 Å². The predicted molar refractivity (Wildman–Crippen MR) is 109 cm³/mol. The molecule has 0 saturated carbocycles. The van der Waals surface area contributed by atoms with Gasteiger partial charge in [0.1, 0.15) is 0 Å². The molecular weight excluding hydrogens is 439 g/mol. The Hall–Kier alpha value is -1.54. The van der Waals surface area contributed by atoms with Crippen molar-refractivity contribution in [1.82, 2.24) is 15.6 Å². The lowest BCUT2D eigenvalue weighted by Crippen LogP contribution is -2.36. The van der Waals surface area contributed by atoms with Gasteiger partial charge >= 0.3 is 0 Å². The topological polar surface area (TPSA) is 58.5 Å². The van der Waals surface area contributed by atoms with Crippen LogP contribution in [0.1, 0.15) is 18.1 Å². The van der Waals surface area contributed by atoms with Crippen molar-refractivity contribution in [3.05, 3.63) is 58.7 Å². The third-order valence-electron chi connectivity index (χ3n) is 3.15. The van der Waals surface area contributed by atoms with Gasteiger partial charge in [-0.3, -0.25) is 0 Å². The zero-order valence-electron chi connectivity index (χ0n) is 13.8. The molecule has 0 aliphatic rings. The summed E-state index contributed by atoms with van der Waals surface area (Å²) in [6, 6.07) is 11.6. The van der Waals surface area contributed by atoms with E-state index in [4.69, 9.17) is 16.3 Å². The molecule has 5 nitrogen and oxygen atoms in total. The molecule has 2 rings (SSSR count). The van der Waals surface area contributed by atoms with E-state index in [0.717, 1.165) is 28.7 Å². The quantitative estimate of drug-likeness (QED) is 0.393. The highest BCUT2D eigenvalue weighted by Crippen LogP contribution is 2.10. The summed E-state index contributed by atoms with van der Waals surface area (Å²) in [7, 11) is 1.60. The average Bonchev–Trinajstić information content (AvgIpc) is 2.59. The third kappa shape index (κ3) is 6.92. The Labute approximate surface area is 164 Å². The Balaban J connectivity index is 0.00000288. The number of hydrogen-bond donors (Lipinski definition) is 2. The van der Waals surface area contributed by atoms with E-state index in [1.807, 2.05) is 43.3 Å². The minimum absolute atomic E-state index is 0. The number of methoxy groups -OCH3 is 1. The van der Waals surface area contributed by atoms with E-state index in [1.165, 1.54) is 0 Å². The lowest BCUT2D eigenvalue weighted by atomic mass is 10.2. The van der Waals surface area contributed by atoms with Crippen molar-refractivity contribution >= 4 is 41.5 Å². The van der Waals surface area contributed by atoms with Gasteiger partial charge in [-0.05, 0) is 36.2 Å². The fourth-order valence-electron chi connectivity index (χ4n) is 1.96. The van der Waals surface area contributed by atoms with Gasteiger partial charge in [-0.1, -0.05) is 23.7 Å². The number of nitrogens with zero attached hydrogens (tertiary/aromatic N) is 2. The summed E-state index contributed by atoms with van der Waals surface area (Å²) in [5.74, 6) is 1.36. The minimum Gasteiger partial charge on any atom is -0.481 e. The van der Waals surface area contributed by atoms with E-state index in [2.05, 4.69) is 20.6 Å². The molecule has 2 aromatic rings. The van der Waals surface area contributed by atoms with Gasteiger partial charge in [-0.15, -0.1) is 24.0 Å². The van der Waals surface area contributed by atoms with E-state index in [0.29, 0.717) is 19.0 Å². The Morgan fingerprint density at radius 3 is 2.58 bits per heavy atom. The summed E-state index contributed by atoms with van der Waals surface area (Å²) < 4.78 is 5.12. The van der Waals surface area contributed by atoms with Crippen LogP contribution >= 0.6 is 35.6 Å². The first-order valence-corrected chi connectivity index (χ1v) is 7.84. The van der Waals surface area contributed by atoms with Crippen molar-refractivity contribution in [2.75, 3.05) is 13.7 Å². The van der Waals surface area contributed by atoms with Crippen LogP contribution in [0.25, 0.3) is 0 Å². The Morgan fingerprint density at radius 1 is 1.17 bits per heavy atom. The van der Waals surface area contributed by atoms with Crippen LogP contribution in [-0.2, 0) is 13.1 Å². The maximum absolute atomic E-state index is 5.89.